The molecule has 0 bridgehead atoms. The van der Waals surface area contributed by atoms with Gasteiger partial charge >= 0.3 is 0 Å². The second-order valence-electron chi connectivity index (χ2n) is 5.18. The van der Waals surface area contributed by atoms with Gasteiger partial charge in [0, 0.05) is 42.5 Å². The van der Waals surface area contributed by atoms with E-state index in [9.17, 15) is 0 Å². The average molecular weight is 289 g/mol. The molecule has 1 aliphatic heterocycles. The van der Waals surface area contributed by atoms with E-state index < -0.39 is 0 Å². The van der Waals surface area contributed by atoms with Crippen molar-refractivity contribution in [2.75, 3.05) is 13.1 Å². The van der Waals surface area contributed by atoms with Gasteiger partial charge in [-0.2, -0.15) is 0 Å². The van der Waals surface area contributed by atoms with Crippen LogP contribution in [0.3, 0.4) is 0 Å². The molecule has 106 valence electrons. The molecule has 1 fully saturated rings. The Balaban J connectivity index is 1.48. The van der Waals surface area contributed by atoms with Gasteiger partial charge in [-0.25, -0.2) is 4.98 Å². The Morgan fingerprint density at radius 3 is 2.90 bits per heavy atom. The van der Waals surface area contributed by atoms with Gasteiger partial charge in [-0.05, 0) is 25.8 Å². The third-order valence-electron chi connectivity index (χ3n) is 3.55. The molecule has 4 nitrogen and oxygen atoms in total. The summed E-state index contributed by atoms with van der Waals surface area (Å²) >= 11 is 1.73. The lowest BCUT2D eigenvalue weighted by molar-refractivity contribution is 0.0936. The van der Waals surface area contributed by atoms with E-state index in [0.29, 0.717) is 6.10 Å². The van der Waals surface area contributed by atoms with E-state index in [2.05, 4.69) is 14.9 Å². The third-order valence-corrected chi connectivity index (χ3v) is 4.31. The molecule has 0 aliphatic carbocycles. The molecule has 0 atom stereocenters. The van der Waals surface area contributed by atoms with Crippen molar-refractivity contribution in [3.05, 3.63) is 40.5 Å². The van der Waals surface area contributed by atoms with Crippen molar-refractivity contribution in [2.45, 2.75) is 32.4 Å². The lowest BCUT2D eigenvalue weighted by Crippen LogP contribution is -2.37. The zero-order valence-electron chi connectivity index (χ0n) is 11.7. The number of nitrogens with zero attached hydrogens (tertiary/aromatic N) is 3. The predicted molar refractivity (Wildman–Crippen MR) is 80.0 cm³/mol. The molecule has 3 rings (SSSR count). The molecule has 1 aliphatic rings. The van der Waals surface area contributed by atoms with E-state index in [1.54, 1.807) is 11.3 Å². The summed E-state index contributed by atoms with van der Waals surface area (Å²) in [5.74, 6) is 0.755. The van der Waals surface area contributed by atoms with Gasteiger partial charge in [-0.1, -0.05) is 6.07 Å². The molecule has 0 N–H and O–H groups in total. The van der Waals surface area contributed by atoms with Gasteiger partial charge in [0.1, 0.15) is 6.10 Å². The number of ether oxygens (including phenoxy) is 1. The maximum Gasteiger partial charge on any atom is 0.213 e. The van der Waals surface area contributed by atoms with Crippen LogP contribution in [0.1, 0.15) is 23.4 Å². The number of aromatic nitrogens is 2. The van der Waals surface area contributed by atoms with Crippen molar-refractivity contribution in [3.8, 4) is 5.88 Å². The first-order chi connectivity index (χ1) is 9.79. The largest absolute Gasteiger partial charge is 0.474 e. The van der Waals surface area contributed by atoms with Gasteiger partial charge in [-0.15, -0.1) is 11.3 Å². The predicted octanol–water partition coefficient (Wildman–Crippen LogP) is 2.89. The Bertz CT molecular complexity index is 536. The second kappa shape index (κ2) is 6.33. The van der Waals surface area contributed by atoms with Gasteiger partial charge < -0.3 is 4.74 Å². The van der Waals surface area contributed by atoms with Gasteiger partial charge in [-0.3, -0.25) is 9.88 Å². The van der Waals surface area contributed by atoms with Gasteiger partial charge in [0.2, 0.25) is 5.88 Å². The van der Waals surface area contributed by atoms with E-state index in [0.717, 1.165) is 44.0 Å². The van der Waals surface area contributed by atoms with Crippen LogP contribution in [0.2, 0.25) is 0 Å². The maximum absolute atomic E-state index is 5.97. The number of pyridine rings is 1. The summed E-state index contributed by atoms with van der Waals surface area (Å²) in [5, 5.41) is 0. The first kappa shape index (κ1) is 13.5. The van der Waals surface area contributed by atoms with E-state index in [-0.39, 0.29) is 0 Å². The molecule has 0 spiro atoms. The summed E-state index contributed by atoms with van der Waals surface area (Å²) < 4.78 is 5.97. The van der Waals surface area contributed by atoms with Crippen LogP contribution in [0, 0.1) is 6.92 Å². The summed E-state index contributed by atoms with van der Waals surface area (Å²) in [6, 6.07) is 5.93. The normalized spacial score (nSPS) is 17.2. The molecule has 0 radical (unpaired) electrons. The first-order valence-electron chi connectivity index (χ1n) is 6.99. The fraction of sp³-hybridized carbons (Fsp3) is 0.467. The second-order valence-corrected chi connectivity index (χ2v) is 6.15. The van der Waals surface area contributed by atoms with Crippen LogP contribution in [0.25, 0.3) is 0 Å². The number of hydrogen-bond donors (Lipinski definition) is 0. The Hall–Kier alpha value is -1.46. The van der Waals surface area contributed by atoms with Crippen molar-refractivity contribution in [2.24, 2.45) is 0 Å². The molecule has 1 saturated heterocycles. The maximum atomic E-state index is 5.97. The SMILES string of the molecule is Cc1cccc(OC2CCN(Cc3cncs3)CC2)n1. The zero-order valence-corrected chi connectivity index (χ0v) is 12.5. The van der Waals surface area contributed by atoms with Crippen molar-refractivity contribution in [1.29, 1.82) is 0 Å². The molecule has 20 heavy (non-hydrogen) atoms. The zero-order chi connectivity index (χ0) is 13.8. The summed E-state index contributed by atoms with van der Waals surface area (Å²) in [6.07, 6.45) is 4.38. The monoisotopic (exact) mass is 289 g/mol. The van der Waals surface area contributed by atoms with E-state index in [4.69, 9.17) is 4.74 Å². The lowest BCUT2D eigenvalue weighted by Gasteiger charge is -2.31. The van der Waals surface area contributed by atoms with Crippen LogP contribution in [0.5, 0.6) is 5.88 Å². The Kier molecular flexibility index (Phi) is 4.28. The van der Waals surface area contributed by atoms with Crippen LogP contribution >= 0.6 is 11.3 Å². The number of rotatable bonds is 4. The number of hydrogen-bond acceptors (Lipinski definition) is 5. The highest BCUT2D eigenvalue weighted by Gasteiger charge is 2.21. The van der Waals surface area contributed by atoms with Crippen LogP contribution in [0.15, 0.2) is 29.9 Å². The van der Waals surface area contributed by atoms with E-state index in [1.807, 2.05) is 36.8 Å². The van der Waals surface area contributed by atoms with Crippen molar-refractivity contribution < 1.29 is 4.74 Å². The van der Waals surface area contributed by atoms with Crippen LogP contribution in [-0.2, 0) is 6.54 Å². The minimum Gasteiger partial charge on any atom is -0.474 e. The van der Waals surface area contributed by atoms with Crippen LogP contribution < -0.4 is 4.74 Å². The summed E-state index contributed by atoms with van der Waals surface area (Å²) in [5.41, 5.74) is 2.90. The number of piperidine rings is 1. The third kappa shape index (κ3) is 3.55. The highest BCUT2D eigenvalue weighted by Crippen LogP contribution is 2.19. The molecular weight excluding hydrogens is 270 g/mol. The van der Waals surface area contributed by atoms with Gasteiger partial charge in [0.25, 0.3) is 0 Å². The average Bonchev–Trinajstić information content (AvgIpc) is 2.94. The van der Waals surface area contributed by atoms with Crippen LogP contribution in [0.4, 0.5) is 0 Å². The summed E-state index contributed by atoms with van der Waals surface area (Å²) in [6.45, 7) is 5.16. The van der Waals surface area contributed by atoms with Crippen molar-refractivity contribution in [3.63, 3.8) is 0 Å². The number of likely N-dealkylation sites (tertiary alicyclic amines) is 1. The Labute approximate surface area is 123 Å². The molecular formula is C15H19N3OS. The standard InChI is InChI=1S/C15H19N3OS/c1-12-3-2-4-15(17-12)19-13-5-7-18(8-6-13)10-14-9-16-11-20-14/h2-4,9,11,13H,5-8,10H2,1H3. The molecule has 2 aromatic heterocycles. The lowest BCUT2D eigenvalue weighted by atomic mass is 10.1. The molecule has 2 aromatic rings. The molecule has 5 heteroatoms. The minimum atomic E-state index is 0.294. The quantitative estimate of drug-likeness (QED) is 0.867. The highest BCUT2D eigenvalue weighted by atomic mass is 32.1. The Morgan fingerprint density at radius 1 is 1.35 bits per heavy atom. The highest BCUT2D eigenvalue weighted by molar-refractivity contribution is 7.09. The summed E-state index contributed by atoms with van der Waals surface area (Å²) in [7, 11) is 0. The van der Waals surface area contributed by atoms with E-state index >= 15 is 0 Å². The molecule has 0 saturated carbocycles. The number of thiazole rings is 1. The van der Waals surface area contributed by atoms with Gasteiger partial charge in [0.15, 0.2) is 0 Å². The topological polar surface area (TPSA) is 38.2 Å². The fourth-order valence-electron chi connectivity index (χ4n) is 2.48. The fourth-order valence-corrected chi connectivity index (χ4v) is 3.12. The van der Waals surface area contributed by atoms with Crippen molar-refractivity contribution in [1.82, 2.24) is 14.9 Å². The van der Waals surface area contributed by atoms with Crippen LogP contribution in [-0.4, -0.2) is 34.1 Å². The minimum absolute atomic E-state index is 0.294. The van der Waals surface area contributed by atoms with Gasteiger partial charge in [0.05, 0.1) is 5.51 Å². The summed E-state index contributed by atoms with van der Waals surface area (Å²) in [4.78, 5) is 12.3. The van der Waals surface area contributed by atoms with E-state index in [1.165, 1.54) is 4.88 Å². The molecule has 0 amide bonds. The molecule has 0 aromatic carbocycles. The smallest absolute Gasteiger partial charge is 0.213 e. The molecule has 0 unspecified atom stereocenters. The number of aryl methyl sites for hydroxylation is 1. The molecule has 3 heterocycles. The van der Waals surface area contributed by atoms with Crippen molar-refractivity contribution >= 4 is 11.3 Å². The first-order valence-corrected chi connectivity index (χ1v) is 7.87. The Morgan fingerprint density at radius 2 is 2.20 bits per heavy atom.